The van der Waals surface area contributed by atoms with E-state index in [9.17, 15) is 5.26 Å². The van der Waals surface area contributed by atoms with Gasteiger partial charge in [-0.2, -0.15) is 5.26 Å². The van der Waals surface area contributed by atoms with E-state index in [4.69, 9.17) is 5.11 Å². The first kappa shape index (κ1) is 12.5. The van der Waals surface area contributed by atoms with Gasteiger partial charge in [-0.25, -0.2) is 0 Å². The molecule has 2 N–H and O–H groups in total. The van der Waals surface area contributed by atoms with Crippen molar-refractivity contribution in [3.63, 3.8) is 0 Å². The quantitative estimate of drug-likeness (QED) is 0.696. The van der Waals surface area contributed by atoms with E-state index in [1.807, 2.05) is 0 Å². The van der Waals surface area contributed by atoms with Crippen molar-refractivity contribution in [1.29, 1.82) is 5.26 Å². The average molecular weight is 210 g/mol. The molecule has 1 aliphatic carbocycles. The number of aliphatic hydroxyl groups is 1. The molecule has 0 bridgehead atoms. The van der Waals surface area contributed by atoms with Gasteiger partial charge in [0.05, 0.1) is 12.7 Å². The molecule has 0 radical (unpaired) electrons. The van der Waals surface area contributed by atoms with Crippen molar-refractivity contribution in [1.82, 2.24) is 5.32 Å². The molecule has 0 heterocycles. The number of β-amino-alcohol motifs (C(OH)–C–C–N with tert-alkyl or cyclic N) is 1. The zero-order valence-electron chi connectivity index (χ0n) is 9.63. The van der Waals surface area contributed by atoms with Gasteiger partial charge in [-0.05, 0) is 25.2 Å². The van der Waals surface area contributed by atoms with Crippen LogP contribution in [0.4, 0.5) is 0 Å². The van der Waals surface area contributed by atoms with Gasteiger partial charge in [-0.15, -0.1) is 0 Å². The van der Waals surface area contributed by atoms with Crippen molar-refractivity contribution in [2.75, 3.05) is 13.2 Å². The van der Waals surface area contributed by atoms with Crippen LogP contribution in [-0.4, -0.2) is 23.8 Å². The topological polar surface area (TPSA) is 56.0 Å². The third-order valence-corrected chi connectivity index (χ3v) is 3.56. The summed E-state index contributed by atoms with van der Waals surface area (Å²) in [5.41, 5.74) is -0.368. The van der Waals surface area contributed by atoms with E-state index in [-0.39, 0.29) is 12.1 Å². The lowest BCUT2D eigenvalue weighted by Gasteiger charge is -2.26. The molecule has 3 heteroatoms. The zero-order valence-corrected chi connectivity index (χ0v) is 9.63. The summed E-state index contributed by atoms with van der Waals surface area (Å²) in [5.74, 6) is 0.788. The lowest BCUT2D eigenvalue weighted by molar-refractivity contribution is 0.262. The molecular weight excluding hydrogens is 188 g/mol. The first-order valence-corrected chi connectivity index (χ1v) is 6.03. The second-order valence-corrected chi connectivity index (χ2v) is 4.55. The average Bonchev–Trinajstić information content (AvgIpc) is 2.49. The highest BCUT2D eigenvalue weighted by molar-refractivity contribution is 5.08. The lowest BCUT2D eigenvalue weighted by atomic mass is 9.91. The number of nitriles is 1. The first-order chi connectivity index (χ1) is 7.26. The van der Waals surface area contributed by atoms with Crippen molar-refractivity contribution in [3.8, 4) is 6.07 Å². The van der Waals surface area contributed by atoms with Gasteiger partial charge < -0.3 is 5.11 Å². The SMILES string of the molecule is CCC1CCCC(C#N)(NCCO)CC1. The van der Waals surface area contributed by atoms with Crippen LogP contribution in [0.5, 0.6) is 0 Å². The predicted molar refractivity (Wildman–Crippen MR) is 60.3 cm³/mol. The number of nitrogens with zero attached hydrogens (tertiary/aromatic N) is 1. The van der Waals surface area contributed by atoms with E-state index in [0.717, 1.165) is 31.6 Å². The van der Waals surface area contributed by atoms with E-state index < -0.39 is 0 Å². The molecule has 1 rings (SSSR count). The van der Waals surface area contributed by atoms with Gasteiger partial charge in [0.2, 0.25) is 0 Å². The van der Waals surface area contributed by atoms with Crippen molar-refractivity contribution in [3.05, 3.63) is 0 Å². The smallest absolute Gasteiger partial charge is 0.106 e. The maximum absolute atomic E-state index is 9.26. The fraction of sp³-hybridized carbons (Fsp3) is 0.917. The number of nitrogens with one attached hydrogen (secondary N) is 1. The third-order valence-electron chi connectivity index (χ3n) is 3.56. The largest absolute Gasteiger partial charge is 0.395 e. The van der Waals surface area contributed by atoms with Crippen molar-refractivity contribution >= 4 is 0 Å². The molecular formula is C12H22N2O. The molecule has 2 unspecified atom stereocenters. The van der Waals surface area contributed by atoms with Crippen LogP contribution in [-0.2, 0) is 0 Å². The molecule has 1 saturated carbocycles. The summed E-state index contributed by atoms with van der Waals surface area (Å²) >= 11 is 0. The second-order valence-electron chi connectivity index (χ2n) is 4.55. The van der Waals surface area contributed by atoms with Gasteiger partial charge in [0, 0.05) is 6.54 Å². The van der Waals surface area contributed by atoms with E-state index in [2.05, 4.69) is 18.3 Å². The maximum atomic E-state index is 9.26. The Hall–Kier alpha value is -0.590. The summed E-state index contributed by atoms with van der Waals surface area (Å²) in [6, 6.07) is 2.41. The van der Waals surface area contributed by atoms with E-state index >= 15 is 0 Å². The Labute approximate surface area is 92.5 Å². The lowest BCUT2D eigenvalue weighted by Crippen LogP contribution is -2.44. The molecule has 0 amide bonds. The summed E-state index contributed by atoms with van der Waals surface area (Å²) in [6.07, 6.45) is 6.61. The van der Waals surface area contributed by atoms with E-state index in [1.54, 1.807) is 0 Å². The van der Waals surface area contributed by atoms with Gasteiger partial charge in [0.25, 0.3) is 0 Å². The van der Waals surface area contributed by atoms with E-state index in [0.29, 0.717) is 6.54 Å². The van der Waals surface area contributed by atoms with Crippen LogP contribution >= 0.6 is 0 Å². The Morgan fingerprint density at radius 1 is 1.47 bits per heavy atom. The van der Waals surface area contributed by atoms with Gasteiger partial charge in [-0.1, -0.05) is 26.2 Å². The molecule has 86 valence electrons. The Morgan fingerprint density at radius 3 is 2.87 bits per heavy atom. The van der Waals surface area contributed by atoms with Crippen LogP contribution in [0, 0.1) is 17.2 Å². The fourth-order valence-corrected chi connectivity index (χ4v) is 2.44. The standard InChI is InChI=1S/C12H22N2O/c1-2-11-4-3-6-12(10-13,7-5-11)14-8-9-15/h11,14-15H,2-9H2,1H3. The van der Waals surface area contributed by atoms with Crippen LogP contribution in [0.2, 0.25) is 0 Å². The zero-order chi connectivity index (χ0) is 11.1. The fourth-order valence-electron chi connectivity index (χ4n) is 2.44. The minimum atomic E-state index is -0.368. The van der Waals surface area contributed by atoms with Gasteiger partial charge >= 0.3 is 0 Å². The highest BCUT2D eigenvalue weighted by Gasteiger charge is 2.31. The molecule has 0 saturated heterocycles. The molecule has 3 nitrogen and oxygen atoms in total. The summed E-state index contributed by atoms with van der Waals surface area (Å²) < 4.78 is 0. The molecule has 1 aliphatic rings. The molecule has 0 aliphatic heterocycles. The minimum absolute atomic E-state index is 0.112. The Bertz CT molecular complexity index is 224. The molecule has 0 aromatic carbocycles. The summed E-state index contributed by atoms with van der Waals surface area (Å²) in [6.45, 7) is 2.87. The molecule has 0 spiro atoms. The molecule has 1 fully saturated rings. The van der Waals surface area contributed by atoms with Crippen LogP contribution in [0.1, 0.15) is 45.4 Å². The van der Waals surface area contributed by atoms with Gasteiger partial charge in [0.15, 0.2) is 0 Å². The number of hydrogen-bond donors (Lipinski definition) is 2. The Kier molecular flexibility index (Phi) is 5.07. The first-order valence-electron chi connectivity index (χ1n) is 6.03. The Balaban J connectivity index is 2.54. The van der Waals surface area contributed by atoms with Gasteiger partial charge in [0.1, 0.15) is 5.54 Å². The summed E-state index contributed by atoms with van der Waals surface area (Å²) in [5, 5.41) is 21.3. The number of hydrogen-bond acceptors (Lipinski definition) is 3. The highest BCUT2D eigenvalue weighted by atomic mass is 16.3. The normalized spacial score (nSPS) is 31.9. The van der Waals surface area contributed by atoms with Crippen LogP contribution in [0.15, 0.2) is 0 Å². The van der Waals surface area contributed by atoms with Crippen molar-refractivity contribution in [2.45, 2.75) is 51.0 Å². The van der Waals surface area contributed by atoms with E-state index in [1.165, 1.54) is 12.8 Å². The summed E-state index contributed by atoms with van der Waals surface area (Å²) in [7, 11) is 0. The van der Waals surface area contributed by atoms with Crippen LogP contribution in [0.25, 0.3) is 0 Å². The monoisotopic (exact) mass is 210 g/mol. The molecule has 0 aromatic heterocycles. The maximum Gasteiger partial charge on any atom is 0.106 e. The molecule has 0 aromatic rings. The molecule has 15 heavy (non-hydrogen) atoms. The van der Waals surface area contributed by atoms with Crippen molar-refractivity contribution < 1.29 is 5.11 Å². The second kappa shape index (κ2) is 6.09. The van der Waals surface area contributed by atoms with Crippen LogP contribution in [0.3, 0.4) is 0 Å². The predicted octanol–water partition coefficient (Wildman–Crippen LogP) is 1.82. The van der Waals surface area contributed by atoms with Crippen LogP contribution < -0.4 is 5.32 Å². The van der Waals surface area contributed by atoms with Gasteiger partial charge in [-0.3, -0.25) is 5.32 Å². The molecule has 2 atom stereocenters. The number of aliphatic hydroxyl groups excluding tert-OH is 1. The Morgan fingerprint density at radius 2 is 2.27 bits per heavy atom. The summed E-state index contributed by atoms with van der Waals surface area (Å²) in [4.78, 5) is 0. The highest BCUT2D eigenvalue weighted by Crippen LogP contribution is 2.31. The third kappa shape index (κ3) is 3.48. The minimum Gasteiger partial charge on any atom is -0.395 e. The van der Waals surface area contributed by atoms with Crippen molar-refractivity contribution in [2.24, 2.45) is 5.92 Å². The number of rotatable bonds is 4.